The van der Waals surface area contributed by atoms with Gasteiger partial charge >= 0.3 is 58.4 Å². The van der Waals surface area contributed by atoms with Crippen molar-refractivity contribution in [3.05, 3.63) is 34.4 Å². The van der Waals surface area contributed by atoms with Gasteiger partial charge < -0.3 is 17.7 Å². The topological polar surface area (TPSA) is 9.23 Å². The molecule has 0 atom stereocenters. The van der Waals surface area contributed by atoms with Gasteiger partial charge in [0.1, 0.15) is 0 Å². The molecule has 0 aliphatic carbocycles. The Labute approximate surface area is 133 Å². The van der Waals surface area contributed by atoms with Crippen molar-refractivity contribution in [3.8, 4) is 0 Å². The van der Waals surface area contributed by atoms with E-state index >= 15 is 0 Å². The third-order valence-electron chi connectivity index (χ3n) is 1.57. The summed E-state index contributed by atoms with van der Waals surface area (Å²) in [7, 11) is 0. The van der Waals surface area contributed by atoms with E-state index in [0.717, 1.165) is 4.88 Å². The molecule has 0 amide bonds. The Balaban J connectivity index is 0.00000196. The smallest absolute Gasteiger partial charge is 0.445 e. The zero-order chi connectivity index (χ0) is 10.6. The molecular weight excluding hydrogens is 251 g/mol. The Morgan fingerprint density at radius 2 is 2.13 bits per heavy atom. The molecule has 15 heavy (non-hydrogen) atoms. The van der Waals surface area contributed by atoms with Crippen LogP contribution in [-0.4, -0.2) is 13.6 Å². The van der Waals surface area contributed by atoms with Crippen molar-refractivity contribution in [1.29, 1.82) is 0 Å². The standard InChI is InChI=1S/C8H9BF3OS.K/c1-7(9(10,11)12)5-13-6-8-3-2-4-14-8;/h2-4H,1,5-6H2;/q-1;+1. The van der Waals surface area contributed by atoms with E-state index < -0.39 is 19.1 Å². The van der Waals surface area contributed by atoms with E-state index in [1.54, 1.807) is 0 Å². The minimum absolute atomic E-state index is 0. The van der Waals surface area contributed by atoms with Gasteiger partial charge in [0.05, 0.1) is 6.61 Å². The Bertz CT molecular complexity index is 299. The third-order valence-corrected chi connectivity index (χ3v) is 2.42. The van der Waals surface area contributed by atoms with Crippen LogP contribution in [0.25, 0.3) is 0 Å². The monoisotopic (exact) mass is 260 g/mol. The molecule has 1 heterocycles. The first-order chi connectivity index (χ1) is 6.50. The minimum atomic E-state index is -4.96. The van der Waals surface area contributed by atoms with Crippen molar-refractivity contribution in [2.24, 2.45) is 0 Å². The molecule has 0 aliphatic rings. The first-order valence-corrected chi connectivity index (χ1v) is 4.86. The maximum absolute atomic E-state index is 12.0. The normalized spacial score (nSPS) is 10.9. The molecule has 0 unspecified atom stereocenters. The molecule has 0 fully saturated rings. The van der Waals surface area contributed by atoms with Crippen molar-refractivity contribution in [1.82, 2.24) is 0 Å². The predicted octanol–water partition coefficient (Wildman–Crippen LogP) is 0.211. The summed E-state index contributed by atoms with van der Waals surface area (Å²) in [5.74, 6) is 0. The van der Waals surface area contributed by atoms with Crippen LogP contribution in [-0.2, 0) is 11.3 Å². The summed E-state index contributed by atoms with van der Waals surface area (Å²) in [6, 6.07) is 3.64. The summed E-state index contributed by atoms with van der Waals surface area (Å²) < 4.78 is 40.9. The fraction of sp³-hybridized carbons (Fsp3) is 0.250. The molecule has 1 aromatic rings. The largest absolute Gasteiger partial charge is 1.00 e. The van der Waals surface area contributed by atoms with E-state index in [0.29, 0.717) is 0 Å². The molecular formula is C8H9BF3KOS. The third kappa shape index (κ3) is 6.25. The fourth-order valence-electron chi connectivity index (χ4n) is 0.772. The Morgan fingerprint density at radius 1 is 1.47 bits per heavy atom. The van der Waals surface area contributed by atoms with Gasteiger partial charge in [-0.1, -0.05) is 6.07 Å². The predicted molar refractivity (Wildman–Crippen MR) is 52.2 cm³/mol. The van der Waals surface area contributed by atoms with Crippen LogP contribution in [0.5, 0.6) is 0 Å². The molecule has 78 valence electrons. The van der Waals surface area contributed by atoms with Crippen molar-refractivity contribution in [2.45, 2.75) is 6.61 Å². The summed E-state index contributed by atoms with van der Waals surface area (Å²) in [6.07, 6.45) is 0. The van der Waals surface area contributed by atoms with Gasteiger partial charge in [-0.2, -0.15) is 0 Å². The average molecular weight is 260 g/mol. The molecule has 0 spiro atoms. The van der Waals surface area contributed by atoms with E-state index in [2.05, 4.69) is 6.58 Å². The molecule has 0 bridgehead atoms. The van der Waals surface area contributed by atoms with Gasteiger partial charge in [-0.25, -0.2) is 0 Å². The van der Waals surface area contributed by atoms with Gasteiger partial charge in [-0.05, 0) is 11.4 Å². The fourth-order valence-corrected chi connectivity index (χ4v) is 1.41. The summed E-state index contributed by atoms with van der Waals surface area (Å²) in [4.78, 5) is 0.910. The van der Waals surface area contributed by atoms with Gasteiger partial charge in [-0.3, -0.25) is 0 Å². The Kier molecular flexibility index (Phi) is 7.69. The van der Waals surface area contributed by atoms with Crippen LogP contribution in [0.4, 0.5) is 12.9 Å². The van der Waals surface area contributed by atoms with E-state index in [-0.39, 0.29) is 58.0 Å². The van der Waals surface area contributed by atoms with Gasteiger partial charge in [-0.15, -0.1) is 23.4 Å². The van der Waals surface area contributed by atoms with Crippen LogP contribution >= 0.6 is 11.3 Å². The van der Waals surface area contributed by atoms with Crippen LogP contribution in [0, 0.1) is 0 Å². The first kappa shape index (κ1) is 15.9. The minimum Gasteiger partial charge on any atom is -0.445 e. The molecule has 7 heteroatoms. The summed E-state index contributed by atoms with van der Waals surface area (Å²) in [5, 5.41) is 1.85. The van der Waals surface area contributed by atoms with Gasteiger partial charge in [0.2, 0.25) is 0 Å². The number of halogens is 3. The molecule has 0 radical (unpaired) electrons. The molecule has 1 nitrogen and oxygen atoms in total. The second kappa shape index (κ2) is 7.26. The maximum Gasteiger partial charge on any atom is 1.00 e. The van der Waals surface area contributed by atoms with Crippen LogP contribution in [0.3, 0.4) is 0 Å². The zero-order valence-electron chi connectivity index (χ0n) is 8.38. The second-order valence-electron chi connectivity index (χ2n) is 2.81. The molecule has 0 N–H and O–H groups in total. The Morgan fingerprint density at radius 3 is 2.60 bits per heavy atom. The second-order valence-corrected chi connectivity index (χ2v) is 3.84. The maximum atomic E-state index is 12.0. The Hall–Kier alpha value is 0.891. The number of thiophene rings is 1. The van der Waals surface area contributed by atoms with Crippen molar-refractivity contribution in [2.75, 3.05) is 6.61 Å². The van der Waals surface area contributed by atoms with Crippen molar-refractivity contribution in [3.63, 3.8) is 0 Å². The summed E-state index contributed by atoms with van der Waals surface area (Å²) >= 11 is 1.45. The summed E-state index contributed by atoms with van der Waals surface area (Å²) in [6.45, 7) is -2.26. The van der Waals surface area contributed by atoms with Crippen LogP contribution in [0.15, 0.2) is 29.6 Å². The number of hydrogen-bond donors (Lipinski definition) is 0. The molecule has 1 rings (SSSR count). The summed E-state index contributed by atoms with van der Waals surface area (Å²) in [5.41, 5.74) is -0.790. The van der Waals surface area contributed by atoms with E-state index in [1.165, 1.54) is 11.3 Å². The van der Waals surface area contributed by atoms with Crippen molar-refractivity contribution < 1.29 is 69.1 Å². The van der Waals surface area contributed by atoms with Gasteiger partial charge in [0.25, 0.3) is 0 Å². The van der Waals surface area contributed by atoms with E-state index in [4.69, 9.17) is 4.74 Å². The van der Waals surface area contributed by atoms with Crippen LogP contribution in [0.2, 0.25) is 0 Å². The molecule has 0 aromatic carbocycles. The zero-order valence-corrected chi connectivity index (χ0v) is 12.3. The van der Waals surface area contributed by atoms with Gasteiger partial charge in [0.15, 0.2) is 0 Å². The number of hydrogen-bond acceptors (Lipinski definition) is 2. The van der Waals surface area contributed by atoms with Crippen LogP contribution < -0.4 is 51.4 Å². The quantitative estimate of drug-likeness (QED) is 0.688. The van der Waals surface area contributed by atoms with E-state index in [9.17, 15) is 12.9 Å². The first-order valence-electron chi connectivity index (χ1n) is 3.98. The SMILES string of the molecule is C=C(COCc1cccs1)[B-](F)(F)F.[K+]. The average Bonchev–Trinajstić information content (AvgIpc) is 2.55. The molecule has 0 saturated carbocycles. The van der Waals surface area contributed by atoms with Gasteiger partial charge in [0, 0.05) is 11.5 Å². The number of ether oxygens (including phenoxy) is 1. The van der Waals surface area contributed by atoms with Crippen LogP contribution in [0.1, 0.15) is 4.88 Å². The molecule has 0 aliphatic heterocycles. The molecule has 1 aromatic heterocycles. The number of rotatable bonds is 5. The molecule has 0 saturated heterocycles. The van der Waals surface area contributed by atoms with E-state index in [1.807, 2.05) is 17.5 Å². The van der Waals surface area contributed by atoms with Crippen molar-refractivity contribution >= 4 is 18.3 Å².